The van der Waals surface area contributed by atoms with Crippen molar-refractivity contribution in [1.82, 2.24) is 25.1 Å². The maximum absolute atomic E-state index is 12.7. The summed E-state index contributed by atoms with van der Waals surface area (Å²) in [5, 5.41) is 7.55. The first-order valence-corrected chi connectivity index (χ1v) is 10.4. The number of anilines is 1. The molecule has 29 heavy (non-hydrogen) atoms. The van der Waals surface area contributed by atoms with Gasteiger partial charge < -0.3 is 15.4 Å². The van der Waals surface area contributed by atoms with Crippen LogP contribution in [0.3, 0.4) is 0 Å². The molecule has 8 nitrogen and oxygen atoms in total. The lowest BCUT2D eigenvalue weighted by Crippen LogP contribution is -2.48. The van der Waals surface area contributed by atoms with Crippen molar-refractivity contribution < 1.29 is 9.53 Å². The molecule has 0 atom stereocenters. The van der Waals surface area contributed by atoms with Crippen LogP contribution in [0.15, 0.2) is 36.9 Å². The van der Waals surface area contributed by atoms with Crippen LogP contribution >= 0.6 is 11.3 Å². The van der Waals surface area contributed by atoms with Crippen molar-refractivity contribution >= 4 is 23.1 Å². The minimum Gasteiger partial charge on any atom is -0.382 e. The fourth-order valence-corrected chi connectivity index (χ4v) is 5.29. The Bertz CT molecular complexity index is 1030. The number of rotatable bonds is 2. The number of piperidine rings is 1. The SMILES string of the molecule is Nc1cnc(-c2cc3c(s2)CCOC32CCN(C(=O)c3ccnnc3)CC2)cn1. The number of nitrogen functional groups attached to an aromatic ring is 1. The predicted octanol–water partition coefficient (Wildman–Crippen LogP) is 2.28. The monoisotopic (exact) mass is 408 g/mol. The van der Waals surface area contributed by atoms with Crippen molar-refractivity contribution in [2.24, 2.45) is 0 Å². The molecule has 3 aromatic heterocycles. The van der Waals surface area contributed by atoms with Crippen LogP contribution in [0, 0.1) is 0 Å². The van der Waals surface area contributed by atoms with Gasteiger partial charge in [0, 0.05) is 24.4 Å². The second-order valence-electron chi connectivity index (χ2n) is 7.29. The number of amides is 1. The average Bonchev–Trinajstić information content (AvgIpc) is 3.21. The van der Waals surface area contributed by atoms with E-state index in [1.54, 1.807) is 36.0 Å². The van der Waals surface area contributed by atoms with E-state index in [9.17, 15) is 4.79 Å². The second kappa shape index (κ2) is 7.16. The largest absolute Gasteiger partial charge is 0.382 e. The summed E-state index contributed by atoms with van der Waals surface area (Å²) in [7, 11) is 0. The first-order chi connectivity index (χ1) is 14.1. The lowest BCUT2D eigenvalue weighted by molar-refractivity contribution is -0.0926. The van der Waals surface area contributed by atoms with Gasteiger partial charge >= 0.3 is 0 Å². The van der Waals surface area contributed by atoms with Gasteiger partial charge in [0.2, 0.25) is 0 Å². The number of hydrogen-bond donors (Lipinski definition) is 1. The minimum atomic E-state index is -0.336. The zero-order chi connectivity index (χ0) is 19.8. The van der Waals surface area contributed by atoms with Gasteiger partial charge in [-0.15, -0.1) is 11.3 Å². The van der Waals surface area contributed by atoms with Crippen LogP contribution in [-0.2, 0) is 16.8 Å². The second-order valence-corrected chi connectivity index (χ2v) is 8.43. The van der Waals surface area contributed by atoms with E-state index in [1.807, 2.05) is 4.90 Å². The number of aromatic nitrogens is 4. The van der Waals surface area contributed by atoms with Crippen molar-refractivity contribution in [2.75, 3.05) is 25.4 Å². The van der Waals surface area contributed by atoms with Gasteiger partial charge in [0.25, 0.3) is 5.91 Å². The molecule has 2 N–H and O–H groups in total. The highest BCUT2D eigenvalue weighted by Crippen LogP contribution is 2.46. The zero-order valence-corrected chi connectivity index (χ0v) is 16.6. The average molecular weight is 408 g/mol. The van der Waals surface area contributed by atoms with E-state index in [0.29, 0.717) is 31.1 Å². The zero-order valence-electron chi connectivity index (χ0n) is 15.7. The summed E-state index contributed by atoms with van der Waals surface area (Å²) in [5.74, 6) is 0.408. The minimum absolute atomic E-state index is 0.00561. The fraction of sp³-hybridized carbons (Fsp3) is 0.350. The van der Waals surface area contributed by atoms with Crippen molar-refractivity contribution in [3.63, 3.8) is 0 Å². The standard InChI is InChI=1S/C20H20N6O2S/c21-18-12-22-15(11-23-18)17-9-14-16(29-17)2-8-28-20(14)3-6-26(7-4-20)19(27)13-1-5-24-25-10-13/h1,5,9-12H,2-4,6-8H2,(H2,21,23). The molecule has 0 radical (unpaired) electrons. The Morgan fingerprint density at radius 3 is 2.76 bits per heavy atom. The molecule has 0 aliphatic carbocycles. The normalized spacial score (nSPS) is 17.9. The Hall–Kier alpha value is -2.91. The predicted molar refractivity (Wildman–Crippen MR) is 108 cm³/mol. The molecule has 9 heteroatoms. The molecule has 148 valence electrons. The Morgan fingerprint density at radius 1 is 1.17 bits per heavy atom. The fourth-order valence-electron chi connectivity index (χ4n) is 4.09. The van der Waals surface area contributed by atoms with Gasteiger partial charge in [-0.05, 0) is 30.5 Å². The third-order valence-electron chi connectivity index (χ3n) is 5.62. The number of nitrogens with two attached hydrogens (primary N) is 1. The van der Waals surface area contributed by atoms with Gasteiger partial charge in [-0.1, -0.05) is 0 Å². The summed E-state index contributed by atoms with van der Waals surface area (Å²) in [6, 6.07) is 3.89. The molecule has 1 fully saturated rings. The number of nitrogens with zero attached hydrogens (tertiary/aromatic N) is 5. The van der Waals surface area contributed by atoms with Gasteiger partial charge in [0.15, 0.2) is 0 Å². The maximum atomic E-state index is 12.7. The van der Waals surface area contributed by atoms with Crippen molar-refractivity contribution in [3.8, 4) is 10.6 Å². The van der Waals surface area contributed by atoms with Crippen LogP contribution in [-0.4, -0.2) is 50.7 Å². The lowest BCUT2D eigenvalue weighted by Gasteiger charge is -2.44. The number of hydrogen-bond acceptors (Lipinski definition) is 8. The van der Waals surface area contributed by atoms with E-state index in [0.717, 1.165) is 29.8 Å². The molecule has 0 aromatic carbocycles. The smallest absolute Gasteiger partial charge is 0.255 e. The number of likely N-dealkylation sites (tertiary alicyclic amines) is 1. The molecular weight excluding hydrogens is 388 g/mol. The van der Waals surface area contributed by atoms with E-state index in [2.05, 4.69) is 26.2 Å². The first kappa shape index (κ1) is 18.1. The molecule has 0 unspecified atom stereocenters. The quantitative estimate of drug-likeness (QED) is 0.693. The molecule has 3 aromatic rings. The number of fused-ring (bicyclic) bond motifs is 2. The Kier molecular flexibility index (Phi) is 4.48. The summed E-state index contributed by atoms with van der Waals surface area (Å²) < 4.78 is 6.33. The number of thiophene rings is 1. The Balaban J connectivity index is 1.38. The van der Waals surface area contributed by atoms with Crippen LogP contribution < -0.4 is 5.73 Å². The highest BCUT2D eigenvalue weighted by molar-refractivity contribution is 7.15. The summed E-state index contributed by atoms with van der Waals surface area (Å²) in [6.45, 7) is 1.99. The lowest BCUT2D eigenvalue weighted by atomic mass is 9.82. The van der Waals surface area contributed by atoms with Crippen molar-refractivity contribution in [2.45, 2.75) is 24.9 Å². The molecule has 2 aliphatic heterocycles. The summed E-state index contributed by atoms with van der Waals surface area (Å²) in [6.07, 6.45) is 8.79. The van der Waals surface area contributed by atoms with E-state index in [-0.39, 0.29) is 11.5 Å². The topological polar surface area (TPSA) is 107 Å². The number of ether oxygens (including phenoxy) is 1. The molecule has 1 spiro atoms. The molecule has 0 bridgehead atoms. The highest BCUT2D eigenvalue weighted by atomic mass is 32.1. The van der Waals surface area contributed by atoms with Crippen LogP contribution in [0.5, 0.6) is 0 Å². The summed E-state index contributed by atoms with van der Waals surface area (Å²) >= 11 is 1.75. The molecule has 2 aliphatic rings. The molecule has 5 heterocycles. The van der Waals surface area contributed by atoms with Crippen LogP contribution in [0.1, 0.15) is 33.6 Å². The molecular formula is C20H20N6O2S. The van der Waals surface area contributed by atoms with Gasteiger partial charge in [-0.25, -0.2) is 9.97 Å². The maximum Gasteiger partial charge on any atom is 0.255 e. The van der Waals surface area contributed by atoms with Crippen LogP contribution in [0.25, 0.3) is 10.6 Å². The van der Waals surface area contributed by atoms with Crippen molar-refractivity contribution in [3.05, 3.63) is 52.9 Å². The van der Waals surface area contributed by atoms with E-state index in [4.69, 9.17) is 10.5 Å². The van der Waals surface area contributed by atoms with Crippen LogP contribution in [0.4, 0.5) is 5.82 Å². The highest BCUT2D eigenvalue weighted by Gasteiger charge is 2.43. The van der Waals surface area contributed by atoms with E-state index < -0.39 is 0 Å². The van der Waals surface area contributed by atoms with E-state index in [1.165, 1.54) is 16.6 Å². The third-order valence-corrected chi connectivity index (χ3v) is 6.84. The molecule has 5 rings (SSSR count). The summed E-state index contributed by atoms with van der Waals surface area (Å²) in [4.78, 5) is 25.6. The van der Waals surface area contributed by atoms with E-state index >= 15 is 0 Å². The van der Waals surface area contributed by atoms with Gasteiger partial charge in [-0.3, -0.25) is 4.79 Å². The van der Waals surface area contributed by atoms with Gasteiger partial charge in [-0.2, -0.15) is 10.2 Å². The van der Waals surface area contributed by atoms with Gasteiger partial charge in [0.05, 0.1) is 53.1 Å². The molecule has 1 saturated heterocycles. The molecule has 1 amide bonds. The Labute approximate surface area is 171 Å². The number of carbonyl (C=O) groups excluding carboxylic acids is 1. The Morgan fingerprint density at radius 2 is 2.03 bits per heavy atom. The first-order valence-electron chi connectivity index (χ1n) is 9.56. The van der Waals surface area contributed by atoms with Gasteiger partial charge in [0.1, 0.15) is 5.82 Å². The third kappa shape index (κ3) is 3.26. The summed E-state index contributed by atoms with van der Waals surface area (Å²) in [5.41, 5.74) is 7.96. The number of carbonyl (C=O) groups is 1. The molecule has 0 saturated carbocycles. The van der Waals surface area contributed by atoms with Crippen molar-refractivity contribution in [1.29, 1.82) is 0 Å². The van der Waals surface area contributed by atoms with Crippen LogP contribution in [0.2, 0.25) is 0 Å².